The van der Waals surface area contributed by atoms with Gasteiger partial charge in [0.05, 0.1) is 5.56 Å². The van der Waals surface area contributed by atoms with Crippen LogP contribution in [0.1, 0.15) is 54.6 Å². The molecule has 1 N–H and O–H groups in total. The Labute approximate surface area is 206 Å². The van der Waals surface area contributed by atoms with Crippen molar-refractivity contribution in [2.24, 2.45) is 0 Å². The zero-order valence-corrected chi connectivity index (χ0v) is 20.8. The molecule has 3 rings (SSSR count). The van der Waals surface area contributed by atoms with E-state index in [1.165, 1.54) is 4.90 Å². The van der Waals surface area contributed by atoms with E-state index < -0.39 is 18.5 Å². The molecule has 186 valence electrons. The van der Waals surface area contributed by atoms with Crippen LogP contribution in [0.3, 0.4) is 0 Å². The number of benzene rings is 2. The van der Waals surface area contributed by atoms with E-state index in [1.807, 2.05) is 45.9 Å². The fraction of sp³-hybridized carbons (Fsp3) is 0.407. The highest BCUT2D eigenvalue weighted by Crippen LogP contribution is 2.23. The molecule has 0 aromatic heterocycles. The molecule has 8 heteroatoms. The Morgan fingerprint density at radius 2 is 1.89 bits per heavy atom. The molecule has 0 bridgehead atoms. The molecule has 2 aromatic rings. The van der Waals surface area contributed by atoms with Gasteiger partial charge in [-0.25, -0.2) is 4.79 Å². The lowest BCUT2D eigenvalue weighted by atomic mass is 10.1. The molecule has 8 nitrogen and oxygen atoms in total. The van der Waals surface area contributed by atoms with Gasteiger partial charge in [-0.3, -0.25) is 14.4 Å². The van der Waals surface area contributed by atoms with E-state index in [2.05, 4.69) is 5.32 Å². The van der Waals surface area contributed by atoms with Gasteiger partial charge in [-0.2, -0.15) is 0 Å². The zero-order valence-electron chi connectivity index (χ0n) is 20.8. The smallest absolute Gasteiger partial charge is 0.338 e. The molecule has 35 heavy (non-hydrogen) atoms. The Bertz CT molecular complexity index is 1110. The number of nitrogens with one attached hydrogen (secondary N) is 1. The molecule has 1 aliphatic heterocycles. The van der Waals surface area contributed by atoms with Gasteiger partial charge in [0.25, 0.3) is 5.91 Å². The minimum atomic E-state index is -0.657. The summed E-state index contributed by atoms with van der Waals surface area (Å²) < 4.78 is 5.28. The van der Waals surface area contributed by atoms with Crippen LogP contribution in [0.25, 0.3) is 0 Å². The first-order valence-corrected chi connectivity index (χ1v) is 11.9. The fourth-order valence-electron chi connectivity index (χ4n) is 3.96. The molecule has 1 fully saturated rings. The Morgan fingerprint density at radius 3 is 2.57 bits per heavy atom. The number of carbonyl (C=O) groups excluding carboxylic acids is 4. The van der Waals surface area contributed by atoms with E-state index in [4.69, 9.17) is 4.74 Å². The summed E-state index contributed by atoms with van der Waals surface area (Å²) in [5.41, 5.74) is 3.63. The molecule has 1 saturated heterocycles. The summed E-state index contributed by atoms with van der Waals surface area (Å²) in [5, 5.41) is 2.87. The first kappa shape index (κ1) is 25.9. The molecule has 0 saturated carbocycles. The van der Waals surface area contributed by atoms with Crippen LogP contribution >= 0.6 is 0 Å². The van der Waals surface area contributed by atoms with Gasteiger partial charge in [0.15, 0.2) is 6.61 Å². The largest absolute Gasteiger partial charge is 0.452 e. The first-order chi connectivity index (χ1) is 16.7. The van der Waals surface area contributed by atoms with Crippen molar-refractivity contribution in [3.05, 3.63) is 59.2 Å². The highest BCUT2D eigenvalue weighted by atomic mass is 16.5. The second-order valence-electron chi connectivity index (χ2n) is 8.85. The normalized spacial score (nSPS) is 13.9. The van der Waals surface area contributed by atoms with E-state index in [1.54, 1.807) is 29.2 Å². The SMILES string of the molecule is CCC(C)N(CC(=O)Nc1cccc(C)c1C)C(=O)COC(=O)c1cccc(N2CCCC2=O)c1. The summed E-state index contributed by atoms with van der Waals surface area (Å²) >= 11 is 0. The average Bonchev–Trinajstić information content (AvgIpc) is 3.29. The number of hydrogen-bond acceptors (Lipinski definition) is 5. The van der Waals surface area contributed by atoms with Crippen LogP contribution in [-0.2, 0) is 19.1 Å². The van der Waals surface area contributed by atoms with Crippen molar-refractivity contribution < 1.29 is 23.9 Å². The second-order valence-corrected chi connectivity index (χ2v) is 8.85. The topological polar surface area (TPSA) is 96.0 Å². The van der Waals surface area contributed by atoms with Crippen molar-refractivity contribution in [1.29, 1.82) is 0 Å². The maximum atomic E-state index is 12.9. The van der Waals surface area contributed by atoms with Crippen LogP contribution in [-0.4, -0.2) is 54.3 Å². The van der Waals surface area contributed by atoms with Crippen LogP contribution in [0.5, 0.6) is 0 Å². The summed E-state index contributed by atoms with van der Waals surface area (Å²) in [6.45, 7) is 7.65. The zero-order chi connectivity index (χ0) is 25.5. The van der Waals surface area contributed by atoms with E-state index >= 15 is 0 Å². The van der Waals surface area contributed by atoms with Gasteiger partial charge in [0.1, 0.15) is 6.54 Å². The van der Waals surface area contributed by atoms with Gasteiger partial charge in [-0.1, -0.05) is 25.1 Å². The van der Waals surface area contributed by atoms with Crippen molar-refractivity contribution in [3.8, 4) is 0 Å². The van der Waals surface area contributed by atoms with Gasteiger partial charge in [0.2, 0.25) is 11.8 Å². The average molecular weight is 480 g/mol. The van der Waals surface area contributed by atoms with Crippen molar-refractivity contribution in [1.82, 2.24) is 4.90 Å². The third-order valence-electron chi connectivity index (χ3n) is 6.43. The van der Waals surface area contributed by atoms with E-state index in [9.17, 15) is 19.2 Å². The van der Waals surface area contributed by atoms with Gasteiger partial charge in [-0.15, -0.1) is 0 Å². The van der Waals surface area contributed by atoms with Crippen LogP contribution < -0.4 is 10.2 Å². The molecule has 1 heterocycles. The lowest BCUT2D eigenvalue weighted by Crippen LogP contribution is -2.45. The maximum absolute atomic E-state index is 12.9. The first-order valence-electron chi connectivity index (χ1n) is 11.9. The minimum absolute atomic E-state index is 0.0222. The van der Waals surface area contributed by atoms with Crippen molar-refractivity contribution >= 4 is 35.1 Å². The molecule has 0 aliphatic carbocycles. The highest BCUT2D eigenvalue weighted by molar-refractivity contribution is 5.98. The third kappa shape index (κ3) is 6.47. The molecule has 1 aliphatic rings. The molecular weight excluding hydrogens is 446 g/mol. The number of anilines is 2. The Hall–Kier alpha value is -3.68. The highest BCUT2D eigenvalue weighted by Gasteiger charge is 2.25. The molecule has 3 amide bonds. The standard InChI is InChI=1S/C27H33N3O5/c1-5-19(3)30(16-24(31)28-23-12-6-9-18(2)20(23)4)26(33)17-35-27(34)21-10-7-11-22(15-21)29-14-8-13-25(29)32/h6-7,9-12,15,19H,5,8,13-14,16-17H2,1-4H3,(H,28,31). The lowest BCUT2D eigenvalue weighted by molar-refractivity contribution is -0.139. The molecule has 0 spiro atoms. The predicted molar refractivity (Wildman–Crippen MR) is 134 cm³/mol. The minimum Gasteiger partial charge on any atom is -0.452 e. The summed E-state index contributed by atoms with van der Waals surface area (Å²) in [6, 6.07) is 12.1. The predicted octanol–water partition coefficient (Wildman–Crippen LogP) is 3.85. The second kappa shape index (κ2) is 11.6. The number of amides is 3. The maximum Gasteiger partial charge on any atom is 0.338 e. The molecule has 0 radical (unpaired) electrons. The third-order valence-corrected chi connectivity index (χ3v) is 6.43. The van der Waals surface area contributed by atoms with Crippen LogP contribution in [0.2, 0.25) is 0 Å². The van der Waals surface area contributed by atoms with Crippen LogP contribution in [0, 0.1) is 13.8 Å². The number of carbonyl (C=O) groups is 4. The van der Waals surface area contributed by atoms with E-state index in [0.717, 1.165) is 17.5 Å². The monoisotopic (exact) mass is 479 g/mol. The number of rotatable bonds is 9. The Balaban J connectivity index is 1.62. The van der Waals surface area contributed by atoms with E-state index in [0.29, 0.717) is 30.8 Å². The number of hydrogen-bond donors (Lipinski definition) is 1. The summed E-state index contributed by atoms with van der Waals surface area (Å²) in [4.78, 5) is 53.3. The van der Waals surface area contributed by atoms with Crippen molar-refractivity contribution in [3.63, 3.8) is 0 Å². The van der Waals surface area contributed by atoms with Crippen LogP contribution in [0.4, 0.5) is 11.4 Å². The number of nitrogens with zero attached hydrogens (tertiary/aromatic N) is 2. The number of ether oxygens (including phenoxy) is 1. The summed E-state index contributed by atoms with van der Waals surface area (Å²) in [6.07, 6.45) is 1.92. The van der Waals surface area contributed by atoms with Crippen molar-refractivity contribution in [2.45, 2.75) is 53.0 Å². The number of esters is 1. The Kier molecular flexibility index (Phi) is 8.63. The number of aryl methyl sites for hydroxylation is 1. The fourth-order valence-corrected chi connectivity index (χ4v) is 3.96. The quantitative estimate of drug-likeness (QED) is 0.551. The summed E-state index contributed by atoms with van der Waals surface area (Å²) in [5.74, 6) is -1.40. The van der Waals surface area contributed by atoms with Crippen LogP contribution in [0.15, 0.2) is 42.5 Å². The molecular formula is C27H33N3O5. The van der Waals surface area contributed by atoms with Gasteiger partial charge in [0, 0.05) is 30.4 Å². The van der Waals surface area contributed by atoms with Gasteiger partial charge < -0.3 is 19.9 Å². The van der Waals surface area contributed by atoms with Gasteiger partial charge >= 0.3 is 5.97 Å². The molecule has 2 aromatic carbocycles. The molecule has 1 atom stereocenters. The summed E-state index contributed by atoms with van der Waals surface area (Å²) in [7, 11) is 0. The lowest BCUT2D eigenvalue weighted by Gasteiger charge is -2.28. The molecule has 1 unspecified atom stereocenters. The van der Waals surface area contributed by atoms with E-state index in [-0.39, 0.29) is 30.0 Å². The van der Waals surface area contributed by atoms with Crippen molar-refractivity contribution in [2.75, 3.05) is 29.9 Å². The van der Waals surface area contributed by atoms with Gasteiger partial charge in [-0.05, 0) is 69.0 Å². The Morgan fingerprint density at radius 1 is 1.14 bits per heavy atom.